The highest BCUT2D eigenvalue weighted by Crippen LogP contribution is 2.22. The fraction of sp³-hybridized carbons (Fsp3) is 0.316. The van der Waals surface area contributed by atoms with Crippen LogP contribution in [-0.2, 0) is 6.54 Å². The molecule has 1 amide bonds. The number of hydrogen-bond donors (Lipinski definition) is 1. The minimum absolute atomic E-state index is 0.0592. The molecule has 2 heterocycles. The lowest BCUT2D eigenvalue weighted by atomic mass is 10.2. The quantitative estimate of drug-likeness (QED) is 0.680. The van der Waals surface area contributed by atoms with E-state index in [0.717, 1.165) is 29.6 Å². The third-order valence-electron chi connectivity index (χ3n) is 4.01. The van der Waals surface area contributed by atoms with E-state index in [-0.39, 0.29) is 5.91 Å². The summed E-state index contributed by atoms with van der Waals surface area (Å²) in [5.74, 6) is -0.0592. The maximum Gasteiger partial charge on any atom is 0.268 e. The molecule has 0 unspecified atom stereocenters. The van der Waals surface area contributed by atoms with E-state index in [9.17, 15) is 4.79 Å². The Balaban J connectivity index is 1.78. The molecule has 0 aliphatic rings. The average Bonchev–Trinajstić information content (AvgIpc) is 3.15. The first-order chi connectivity index (χ1) is 11.6. The largest absolute Gasteiger partial charge is 0.463 e. The molecule has 0 saturated carbocycles. The summed E-state index contributed by atoms with van der Waals surface area (Å²) < 4.78 is 7.49. The minimum Gasteiger partial charge on any atom is -0.463 e. The summed E-state index contributed by atoms with van der Waals surface area (Å²) in [5, 5.41) is 3.00. The SMILES string of the molecule is CN(C)CCCNC(=O)c1cc2occc2n1Cc1ccccc1. The van der Waals surface area contributed by atoms with E-state index in [0.29, 0.717) is 18.8 Å². The molecule has 126 valence electrons. The van der Waals surface area contributed by atoms with Crippen molar-refractivity contribution in [3.05, 3.63) is 60.0 Å². The van der Waals surface area contributed by atoms with Crippen LogP contribution in [0.25, 0.3) is 11.1 Å². The lowest BCUT2D eigenvalue weighted by Crippen LogP contribution is -2.29. The fourth-order valence-electron chi connectivity index (χ4n) is 2.79. The van der Waals surface area contributed by atoms with Crippen LogP contribution in [0.5, 0.6) is 0 Å². The number of nitrogens with one attached hydrogen (secondary N) is 1. The Hall–Kier alpha value is -2.53. The normalized spacial score (nSPS) is 11.3. The molecular formula is C19H23N3O2. The molecule has 3 rings (SSSR count). The molecular weight excluding hydrogens is 302 g/mol. The lowest BCUT2D eigenvalue weighted by Gasteiger charge is -2.12. The van der Waals surface area contributed by atoms with Crippen LogP contribution in [0.3, 0.4) is 0 Å². The smallest absolute Gasteiger partial charge is 0.268 e. The van der Waals surface area contributed by atoms with Crippen LogP contribution < -0.4 is 5.32 Å². The van der Waals surface area contributed by atoms with Gasteiger partial charge in [0.05, 0.1) is 11.8 Å². The fourth-order valence-corrected chi connectivity index (χ4v) is 2.79. The zero-order valence-corrected chi connectivity index (χ0v) is 14.2. The Morgan fingerprint density at radius 2 is 2.00 bits per heavy atom. The van der Waals surface area contributed by atoms with Crippen LogP contribution in [0.4, 0.5) is 0 Å². The third kappa shape index (κ3) is 3.68. The van der Waals surface area contributed by atoms with Crippen molar-refractivity contribution >= 4 is 17.0 Å². The van der Waals surface area contributed by atoms with Gasteiger partial charge in [-0.25, -0.2) is 0 Å². The lowest BCUT2D eigenvalue weighted by molar-refractivity contribution is 0.0944. The summed E-state index contributed by atoms with van der Waals surface area (Å²) in [6.45, 7) is 2.26. The number of carbonyl (C=O) groups excluding carboxylic acids is 1. The molecule has 0 atom stereocenters. The van der Waals surface area contributed by atoms with Crippen LogP contribution >= 0.6 is 0 Å². The minimum atomic E-state index is -0.0592. The number of fused-ring (bicyclic) bond motifs is 1. The average molecular weight is 325 g/mol. The van der Waals surface area contributed by atoms with Crippen LogP contribution in [0.15, 0.2) is 53.1 Å². The molecule has 0 saturated heterocycles. The van der Waals surface area contributed by atoms with Gasteiger partial charge in [-0.1, -0.05) is 30.3 Å². The van der Waals surface area contributed by atoms with Gasteiger partial charge in [-0.15, -0.1) is 0 Å². The van der Waals surface area contributed by atoms with Crippen molar-refractivity contribution in [3.8, 4) is 0 Å². The molecule has 5 heteroatoms. The Morgan fingerprint density at radius 3 is 2.75 bits per heavy atom. The van der Waals surface area contributed by atoms with Crippen molar-refractivity contribution in [3.63, 3.8) is 0 Å². The maximum absolute atomic E-state index is 12.6. The van der Waals surface area contributed by atoms with E-state index in [2.05, 4.69) is 22.3 Å². The van der Waals surface area contributed by atoms with Crippen LogP contribution in [0.2, 0.25) is 0 Å². The number of aromatic nitrogens is 1. The van der Waals surface area contributed by atoms with Crippen molar-refractivity contribution < 1.29 is 9.21 Å². The van der Waals surface area contributed by atoms with E-state index < -0.39 is 0 Å². The van der Waals surface area contributed by atoms with E-state index in [1.54, 1.807) is 6.26 Å². The second-order valence-electron chi connectivity index (χ2n) is 6.18. The van der Waals surface area contributed by atoms with Gasteiger partial charge in [0.1, 0.15) is 5.69 Å². The third-order valence-corrected chi connectivity index (χ3v) is 4.01. The number of carbonyl (C=O) groups is 1. The topological polar surface area (TPSA) is 50.4 Å². The first-order valence-electron chi connectivity index (χ1n) is 8.19. The van der Waals surface area contributed by atoms with Gasteiger partial charge < -0.3 is 19.2 Å². The van der Waals surface area contributed by atoms with Crippen molar-refractivity contribution in [1.29, 1.82) is 0 Å². The maximum atomic E-state index is 12.6. The van der Waals surface area contributed by atoms with Gasteiger partial charge in [-0.05, 0) is 32.6 Å². The van der Waals surface area contributed by atoms with Crippen LogP contribution in [0.1, 0.15) is 22.5 Å². The standard InChI is InChI=1S/C19H23N3O2/c1-21(2)11-6-10-20-19(23)17-13-18-16(9-12-24-18)22(17)14-15-7-4-3-5-8-15/h3-5,7-9,12-13H,6,10-11,14H2,1-2H3,(H,20,23). The summed E-state index contributed by atoms with van der Waals surface area (Å²) >= 11 is 0. The molecule has 24 heavy (non-hydrogen) atoms. The predicted molar refractivity (Wildman–Crippen MR) is 95.3 cm³/mol. The van der Waals surface area contributed by atoms with Crippen molar-refractivity contribution in [2.75, 3.05) is 27.2 Å². The summed E-state index contributed by atoms with van der Waals surface area (Å²) in [6, 6.07) is 13.8. The molecule has 0 aliphatic carbocycles. The molecule has 1 N–H and O–H groups in total. The monoisotopic (exact) mass is 325 g/mol. The van der Waals surface area contributed by atoms with E-state index >= 15 is 0 Å². The highest BCUT2D eigenvalue weighted by Gasteiger charge is 2.17. The summed E-state index contributed by atoms with van der Waals surface area (Å²) in [5.41, 5.74) is 3.47. The van der Waals surface area contributed by atoms with E-state index in [1.165, 1.54) is 0 Å². The van der Waals surface area contributed by atoms with E-state index in [4.69, 9.17) is 4.42 Å². The first-order valence-corrected chi connectivity index (χ1v) is 8.19. The molecule has 0 aliphatic heterocycles. The van der Waals surface area contributed by atoms with Crippen molar-refractivity contribution in [1.82, 2.24) is 14.8 Å². The number of amides is 1. The van der Waals surface area contributed by atoms with E-state index in [1.807, 2.05) is 49.0 Å². The highest BCUT2D eigenvalue weighted by molar-refractivity contribution is 5.97. The second kappa shape index (κ2) is 7.36. The molecule has 0 radical (unpaired) electrons. The Kier molecular flexibility index (Phi) is 5.01. The summed E-state index contributed by atoms with van der Waals surface area (Å²) in [4.78, 5) is 14.7. The second-order valence-corrected chi connectivity index (χ2v) is 6.18. The van der Waals surface area contributed by atoms with Gasteiger partial charge in [0, 0.05) is 25.2 Å². The Labute approximate surface area is 141 Å². The van der Waals surface area contributed by atoms with Gasteiger partial charge in [0.2, 0.25) is 0 Å². The van der Waals surface area contributed by atoms with Crippen molar-refractivity contribution in [2.24, 2.45) is 0 Å². The zero-order valence-electron chi connectivity index (χ0n) is 14.2. The van der Waals surface area contributed by atoms with Gasteiger partial charge in [0.15, 0.2) is 5.58 Å². The first kappa shape index (κ1) is 16.3. The number of nitrogens with zero attached hydrogens (tertiary/aromatic N) is 2. The van der Waals surface area contributed by atoms with Gasteiger partial charge in [-0.3, -0.25) is 4.79 Å². The molecule has 0 bridgehead atoms. The molecule has 2 aromatic heterocycles. The molecule has 3 aromatic rings. The number of rotatable bonds is 7. The molecule has 5 nitrogen and oxygen atoms in total. The predicted octanol–water partition coefficient (Wildman–Crippen LogP) is 2.96. The van der Waals surface area contributed by atoms with Gasteiger partial charge in [0.25, 0.3) is 5.91 Å². The van der Waals surface area contributed by atoms with Gasteiger partial charge in [-0.2, -0.15) is 0 Å². The molecule has 1 aromatic carbocycles. The molecule has 0 spiro atoms. The van der Waals surface area contributed by atoms with Crippen LogP contribution in [0, 0.1) is 0 Å². The number of benzene rings is 1. The number of furan rings is 1. The van der Waals surface area contributed by atoms with Gasteiger partial charge >= 0.3 is 0 Å². The highest BCUT2D eigenvalue weighted by atomic mass is 16.3. The van der Waals surface area contributed by atoms with Crippen LogP contribution in [-0.4, -0.2) is 42.6 Å². The molecule has 0 fully saturated rings. The number of hydrogen-bond acceptors (Lipinski definition) is 3. The zero-order chi connectivity index (χ0) is 16.9. The van der Waals surface area contributed by atoms with Crippen molar-refractivity contribution in [2.45, 2.75) is 13.0 Å². The summed E-state index contributed by atoms with van der Waals surface area (Å²) in [6.07, 6.45) is 2.58. The Bertz CT molecular complexity index is 803. The summed E-state index contributed by atoms with van der Waals surface area (Å²) in [7, 11) is 4.06. The Morgan fingerprint density at radius 1 is 1.21 bits per heavy atom.